The minimum atomic E-state index is -0.875. The van der Waals surface area contributed by atoms with E-state index < -0.39 is 5.97 Å². The molecule has 25 heavy (non-hydrogen) atoms. The van der Waals surface area contributed by atoms with Crippen molar-refractivity contribution >= 4 is 28.5 Å². The molecule has 1 aromatic heterocycles. The van der Waals surface area contributed by atoms with Gasteiger partial charge in [0.05, 0.1) is 18.7 Å². The van der Waals surface area contributed by atoms with Crippen molar-refractivity contribution in [3.05, 3.63) is 52.0 Å². The van der Waals surface area contributed by atoms with Gasteiger partial charge in [0.2, 0.25) is 0 Å². The van der Waals surface area contributed by atoms with Crippen LogP contribution in [-0.2, 0) is 11.2 Å². The summed E-state index contributed by atoms with van der Waals surface area (Å²) in [4.78, 5) is 14.9. The molecule has 0 atom stereocenters. The third-order valence-electron chi connectivity index (χ3n) is 4.45. The van der Waals surface area contributed by atoms with Gasteiger partial charge >= 0.3 is 5.97 Å². The van der Waals surface area contributed by atoms with E-state index >= 15 is 0 Å². The first kappa shape index (κ1) is 17.4. The lowest BCUT2D eigenvalue weighted by Crippen LogP contribution is -2.02. The number of rotatable bonds is 5. The first-order chi connectivity index (χ1) is 11.9. The van der Waals surface area contributed by atoms with Gasteiger partial charge in [0, 0.05) is 21.5 Å². The van der Waals surface area contributed by atoms with Gasteiger partial charge in [0.1, 0.15) is 5.75 Å². The van der Waals surface area contributed by atoms with Crippen LogP contribution >= 0.6 is 11.6 Å². The smallest absolute Gasteiger partial charge is 0.307 e. The van der Waals surface area contributed by atoms with Crippen LogP contribution in [0.2, 0.25) is 5.02 Å². The molecule has 1 heterocycles. The van der Waals surface area contributed by atoms with Gasteiger partial charge in [-0.25, -0.2) is 0 Å². The molecule has 0 aliphatic carbocycles. The predicted octanol–water partition coefficient (Wildman–Crippen LogP) is 5.13. The topological polar surface area (TPSA) is 62.3 Å². The largest absolute Gasteiger partial charge is 0.493 e. The maximum Gasteiger partial charge on any atom is 0.307 e. The van der Waals surface area contributed by atoms with Crippen LogP contribution in [0.4, 0.5) is 0 Å². The number of aliphatic carboxylic acids is 1. The van der Waals surface area contributed by atoms with Crippen LogP contribution in [-0.4, -0.2) is 22.7 Å². The Hall–Kier alpha value is -2.46. The third-order valence-corrected chi connectivity index (χ3v) is 4.69. The fourth-order valence-corrected chi connectivity index (χ4v) is 3.28. The summed E-state index contributed by atoms with van der Waals surface area (Å²) in [6, 6.07) is 9.38. The minimum Gasteiger partial charge on any atom is -0.493 e. The molecular weight excluding hydrogens is 338 g/mol. The van der Waals surface area contributed by atoms with Crippen LogP contribution in [0.1, 0.15) is 23.6 Å². The first-order valence-electron chi connectivity index (χ1n) is 8.17. The molecule has 0 saturated heterocycles. The molecule has 0 amide bonds. The maximum atomic E-state index is 11.5. The normalized spacial score (nSPS) is 11.0. The Bertz CT molecular complexity index is 959. The Morgan fingerprint density at radius 1 is 1.24 bits per heavy atom. The monoisotopic (exact) mass is 357 g/mol. The standard InChI is InChI=1S/C20H20ClNO3/c1-4-25-17-8-6-13(21)9-16(17)20-15(10-18(23)24)14-7-5-11(2)12(3)19(14)22-20/h5-9,22H,4,10H2,1-3H3,(H,23,24). The van der Waals surface area contributed by atoms with Crippen LogP contribution < -0.4 is 4.74 Å². The zero-order valence-corrected chi connectivity index (χ0v) is 15.2. The highest BCUT2D eigenvalue weighted by atomic mass is 35.5. The second-order valence-electron chi connectivity index (χ2n) is 6.05. The molecule has 130 valence electrons. The van der Waals surface area contributed by atoms with E-state index in [4.69, 9.17) is 16.3 Å². The van der Waals surface area contributed by atoms with Gasteiger partial charge in [0.15, 0.2) is 0 Å². The number of benzene rings is 2. The minimum absolute atomic E-state index is 0.0735. The number of aromatic amines is 1. The van der Waals surface area contributed by atoms with E-state index in [0.29, 0.717) is 17.4 Å². The summed E-state index contributed by atoms with van der Waals surface area (Å²) in [7, 11) is 0. The van der Waals surface area contributed by atoms with E-state index in [0.717, 1.165) is 38.9 Å². The summed E-state index contributed by atoms with van der Waals surface area (Å²) in [5, 5.41) is 10.9. The summed E-state index contributed by atoms with van der Waals surface area (Å²) < 4.78 is 5.73. The number of hydrogen-bond acceptors (Lipinski definition) is 2. The second-order valence-corrected chi connectivity index (χ2v) is 6.49. The number of ether oxygens (including phenoxy) is 1. The summed E-state index contributed by atoms with van der Waals surface area (Å²) in [6.07, 6.45) is -0.0735. The van der Waals surface area contributed by atoms with Crippen LogP contribution in [0, 0.1) is 13.8 Å². The molecule has 2 aromatic carbocycles. The Balaban J connectivity index is 2.34. The van der Waals surface area contributed by atoms with Crippen molar-refractivity contribution in [2.45, 2.75) is 27.2 Å². The molecule has 0 aliphatic rings. The van der Waals surface area contributed by atoms with E-state index in [1.165, 1.54) is 0 Å². The van der Waals surface area contributed by atoms with Crippen LogP contribution in [0.3, 0.4) is 0 Å². The molecular formula is C20H20ClNO3. The summed E-state index contributed by atoms with van der Waals surface area (Å²) in [6.45, 7) is 6.50. The Kier molecular flexibility index (Phi) is 4.73. The van der Waals surface area contributed by atoms with E-state index in [-0.39, 0.29) is 6.42 Å². The molecule has 0 saturated carbocycles. The molecule has 0 spiro atoms. The van der Waals surface area contributed by atoms with Gasteiger partial charge < -0.3 is 14.8 Å². The highest BCUT2D eigenvalue weighted by Gasteiger charge is 2.20. The average molecular weight is 358 g/mol. The van der Waals surface area contributed by atoms with Gasteiger partial charge in [-0.05, 0) is 55.7 Å². The summed E-state index contributed by atoms with van der Waals surface area (Å²) >= 11 is 6.19. The van der Waals surface area contributed by atoms with Crippen molar-refractivity contribution in [2.75, 3.05) is 6.61 Å². The quantitative estimate of drug-likeness (QED) is 0.665. The Labute approximate surface area is 151 Å². The van der Waals surface area contributed by atoms with E-state index in [1.54, 1.807) is 6.07 Å². The van der Waals surface area contributed by atoms with Gasteiger partial charge in [-0.15, -0.1) is 0 Å². The molecule has 2 N–H and O–H groups in total. The lowest BCUT2D eigenvalue weighted by Gasteiger charge is -2.11. The number of aromatic nitrogens is 1. The number of halogens is 1. The number of nitrogens with one attached hydrogen (secondary N) is 1. The zero-order valence-electron chi connectivity index (χ0n) is 14.4. The molecule has 0 bridgehead atoms. The van der Waals surface area contributed by atoms with Gasteiger partial charge in [0.25, 0.3) is 0 Å². The Morgan fingerprint density at radius 2 is 2.00 bits per heavy atom. The number of fused-ring (bicyclic) bond motifs is 1. The molecule has 3 aromatic rings. The lowest BCUT2D eigenvalue weighted by atomic mass is 10.00. The molecule has 0 radical (unpaired) electrons. The van der Waals surface area contributed by atoms with Crippen LogP contribution in [0.5, 0.6) is 5.75 Å². The van der Waals surface area contributed by atoms with Crippen molar-refractivity contribution in [2.24, 2.45) is 0 Å². The van der Waals surface area contributed by atoms with Crippen molar-refractivity contribution < 1.29 is 14.6 Å². The SMILES string of the molecule is CCOc1ccc(Cl)cc1-c1[nH]c2c(C)c(C)ccc2c1CC(=O)O. The second kappa shape index (κ2) is 6.81. The van der Waals surface area contributed by atoms with Crippen molar-refractivity contribution in [1.29, 1.82) is 0 Å². The summed E-state index contributed by atoms with van der Waals surface area (Å²) in [5.74, 6) is -0.195. The molecule has 4 nitrogen and oxygen atoms in total. The van der Waals surface area contributed by atoms with E-state index in [2.05, 4.69) is 4.98 Å². The number of aryl methyl sites for hydroxylation is 2. The first-order valence-corrected chi connectivity index (χ1v) is 8.55. The van der Waals surface area contributed by atoms with E-state index in [1.807, 2.05) is 45.0 Å². The number of carboxylic acids is 1. The fourth-order valence-electron chi connectivity index (χ4n) is 3.11. The van der Waals surface area contributed by atoms with E-state index in [9.17, 15) is 9.90 Å². The van der Waals surface area contributed by atoms with Crippen molar-refractivity contribution in [1.82, 2.24) is 4.98 Å². The highest BCUT2D eigenvalue weighted by molar-refractivity contribution is 6.31. The maximum absolute atomic E-state index is 11.5. The van der Waals surface area contributed by atoms with Gasteiger partial charge in [-0.1, -0.05) is 23.7 Å². The number of carbonyl (C=O) groups is 1. The van der Waals surface area contributed by atoms with Gasteiger partial charge in [-0.3, -0.25) is 4.79 Å². The predicted molar refractivity (Wildman–Crippen MR) is 101 cm³/mol. The molecule has 5 heteroatoms. The molecule has 0 aliphatic heterocycles. The fraction of sp³-hybridized carbons (Fsp3) is 0.250. The average Bonchev–Trinajstić information content (AvgIpc) is 2.91. The summed E-state index contributed by atoms with van der Waals surface area (Å²) in [5.41, 5.74) is 5.48. The highest BCUT2D eigenvalue weighted by Crippen LogP contribution is 2.38. The number of carboxylic acid groups (broad SMARTS) is 1. The molecule has 0 unspecified atom stereocenters. The van der Waals surface area contributed by atoms with Crippen molar-refractivity contribution in [3.8, 4) is 17.0 Å². The van der Waals surface area contributed by atoms with Crippen LogP contribution in [0.15, 0.2) is 30.3 Å². The lowest BCUT2D eigenvalue weighted by molar-refractivity contribution is -0.136. The number of H-pyrrole nitrogens is 1. The van der Waals surface area contributed by atoms with Gasteiger partial charge in [-0.2, -0.15) is 0 Å². The Morgan fingerprint density at radius 3 is 2.68 bits per heavy atom. The third kappa shape index (κ3) is 3.22. The zero-order chi connectivity index (χ0) is 18.1. The molecule has 3 rings (SSSR count). The molecule has 0 fully saturated rings. The van der Waals surface area contributed by atoms with Crippen LogP contribution in [0.25, 0.3) is 22.2 Å². The number of hydrogen-bond donors (Lipinski definition) is 2. The van der Waals surface area contributed by atoms with Crippen molar-refractivity contribution in [3.63, 3.8) is 0 Å².